The summed E-state index contributed by atoms with van der Waals surface area (Å²) in [6, 6.07) is 15.0. The third-order valence-electron chi connectivity index (χ3n) is 4.94. The van der Waals surface area contributed by atoms with Crippen LogP contribution >= 0.6 is 50.2 Å². The maximum absolute atomic E-state index is 13.2. The van der Waals surface area contributed by atoms with E-state index in [0.29, 0.717) is 14.7 Å². The second-order valence-electron chi connectivity index (χ2n) is 7.38. The molecular weight excluding hydrogens is 671 g/mol. The Labute approximate surface area is 226 Å². The average molecular weight is 687 g/mol. The number of aromatic nitrogens is 2. The van der Waals surface area contributed by atoms with Crippen molar-refractivity contribution in [2.75, 3.05) is 4.72 Å². The number of rotatable bonds is 8. The molecule has 0 unspecified atom stereocenters. The Kier molecular flexibility index (Phi) is 7.68. The monoisotopic (exact) mass is 686 g/mol. The Bertz CT molecular complexity index is 1540. The fraction of sp³-hybridized carbons (Fsp3) is 0.0909. The Balaban J connectivity index is 1.63. The number of benzene rings is 3. The minimum atomic E-state index is -4.13. The molecule has 0 saturated heterocycles. The number of amides is 1. The fourth-order valence-electron chi connectivity index (χ4n) is 3.33. The first-order valence-corrected chi connectivity index (χ1v) is 14.0. The molecule has 0 aliphatic heterocycles. The Morgan fingerprint density at radius 3 is 2.60 bits per heavy atom. The lowest BCUT2D eigenvalue weighted by Crippen LogP contribution is -2.42. The fourth-order valence-corrected chi connectivity index (χ4v) is 6.11. The number of nitrogens with zero attached hydrogens (tertiary/aromatic N) is 2. The quantitative estimate of drug-likeness (QED) is 0.235. The normalized spacial score (nSPS) is 12.3. The number of fused-ring (bicyclic) bond motifs is 1. The van der Waals surface area contributed by atoms with Crippen molar-refractivity contribution in [1.29, 1.82) is 0 Å². The first-order valence-electron chi connectivity index (χ1n) is 9.96. The summed E-state index contributed by atoms with van der Waals surface area (Å²) in [4.78, 5) is 24.9. The van der Waals surface area contributed by atoms with Gasteiger partial charge in [0.25, 0.3) is 15.9 Å². The van der Waals surface area contributed by atoms with Crippen LogP contribution in [0, 0.1) is 3.57 Å². The number of sulfonamides is 1. The number of nitrogens with one attached hydrogen (secondary N) is 2. The minimum Gasteiger partial charge on any atom is -0.480 e. The van der Waals surface area contributed by atoms with Crippen molar-refractivity contribution in [3.63, 3.8) is 0 Å². The van der Waals surface area contributed by atoms with Crippen molar-refractivity contribution < 1.29 is 23.1 Å². The average Bonchev–Trinajstić information content (AvgIpc) is 3.27. The maximum Gasteiger partial charge on any atom is 0.326 e. The minimum absolute atomic E-state index is 0.0150. The van der Waals surface area contributed by atoms with Gasteiger partial charge in [-0.1, -0.05) is 34.1 Å². The summed E-state index contributed by atoms with van der Waals surface area (Å²) in [5, 5.41) is 12.2. The number of halogens is 2. The third-order valence-corrected chi connectivity index (χ3v) is 8.05. The van der Waals surface area contributed by atoms with Gasteiger partial charge in [0, 0.05) is 14.5 Å². The molecule has 1 aromatic heterocycles. The van der Waals surface area contributed by atoms with E-state index >= 15 is 0 Å². The number of hydrogen-bond acceptors (Lipinski definition) is 7. The lowest BCUT2D eigenvalue weighted by atomic mass is 10.1. The van der Waals surface area contributed by atoms with Crippen molar-refractivity contribution in [2.45, 2.75) is 17.4 Å². The summed E-state index contributed by atoms with van der Waals surface area (Å²) < 4.78 is 38.4. The van der Waals surface area contributed by atoms with E-state index in [9.17, 15) is 23.1 Å². The van der Waals surface area contributed by atoms with Gasteiger partial charge in [0.1, 0.15) is 22.0 Å². The van der Waals surface area contributed by atoms with Gasteiger partial charge in [0.2, 0.25) is 0 Å². The highest BCUT2D eigenvalue weighted by Gasteiger charge is 2.26. The number of carboxylic acid groups (broad SMARTS) is 1. The van der Waals surface area contributed by atoms with Gasteiger partial charge < -0.3 is 10.4 Å². The van der Waals surface area contributed by atoms with Gasteiger partial charge >= 0.3 is 5.97 Å². The molecule has 0 aliphatic rings. The van der Waals surface area contributed by atoms with Gasteiger partial charge in [-0.15, -0.1) is 0 Å². The number of anilines is 1. The largest absolute Gasteiger partial charge is 0.480 e. The topological polar surface area (TPSA) is 138 Å². The second-order valence-corrected chi connectivity index (χ2v) is 11.7. The van der Waals surface area contributed by atoms with Gasteiger partial charge in [-0.25, -0.2) is 13.2 Å². The van der Waals surface area contributed by atoms with E-state index in [-0.39, 0.29) is 28.1 Å². The molecule has 9 nitrogen and oxygen atoms in total. The molecule has 0 spiro atoms. The highest BCUT2D eigenvalue weighted by Crippen LogP contribution is 2.26. The van der Waals surface area contributed by atoms with Crippen LogP contribution in [0.3, 0.4) is 0 Å². The first kappa shape index (κ1) is 25.5. The highest BCUT2D eigenvalue weighted by molar-refractivity contribution is 14.1. The molecule has 0 radical (unpaired) electrons. The van der Waals surface area contributed by atoms with Crippen molar-refractivity contribution >= 4 is 88.9 Å². The molecule has 3 N–H and O–H groups in total. The van der Waals surface area contributed by atoms with E-state index in [1.165, 1.54) is 18.2 Å². The molecule has 0 aliphatic carbocycles. The van der Waals surface area contributed by atoms with Crippen LogP contribution in [0.15, 0.2) is 70.0 Å². The molecule has 0 fully saturated rings. The molecular formula is C22H16BrIN4O5S2. The lowest BCUT2D eigenvalue weighted by Gasteiger charge is -2.17. The number of aliphatic carboxylic acids is 1. The van der Waals surface area contributed by atoms with E-state index < -0.39 is 27.9 Å². The molecule has 0 saturated carbocycles. The Hall–Kier alpha value is -2.62. The molecule has 4 aromatic rings. The summed E-state index contributed by atoms with van der Waals surface area (Å²) in [7, 11) is -4.13. The van der Waals surface area contributed by atoms with Crippen LogP contribution in [-0.4, -0.2) is 40.2 Å². The second kappa shape index (κ2) is 10.6. The zero-order valence-electron chi connectivity index (χ0n) is 17.6. The maximum atomic E-state index is 13.2. The van der Waals surface area contributed by atoms with Gasteiger partial charge in [-0.3, -0.25) is 9.52 Å². The molecule has 1 amide bonds. The van der Waals surface area contributed by atoms with Crippen LogP contribution in [0.1, 0.15) is 15.9 Å². The summed E-state index contributed by atoms with van der Waals surface area (Å²) in [5.74, 6) is -1.94. The smallest absolute Gasteiger partial charge is 0.326 e. The molecule has 0 bridgehead atoms. The van der Waals surface area contributed by atoms with E-state index in [1.54, 1.807) is 36.4 Å². The van der Waals surface area contributed by atoms with Gasteiger partial charge in [0.05, 0.1) is 23.0 Å². The predicted octanol–water partition coefficient (Wildman–Crippen LogP) is 4.28. The molecule has 180 valence electrons. The number of carbonyl (C=O) groups excluding carboxylic acids is 1. The molecule has 3 aromatic carbocycles. The number of carboxylic acids is 1. The summed E-state index contributed by atoms with van der Waals surface area (Å²) in [6.45, 7) is 0. The van der Waals surface area contributed by atoms with Gasteiger partial charge in [-0.2, -0.15) is 8.75 Å². The Morgan fingerprint density at radius 2 is 1.86 bits per heavy atom. The molecule has 4 rings (SSSR count). The summed E-state index contributed by atoms with van der Waals surface area (Å²) >= 11 is 6.23. The van der Waals surface area contributed by atoms with Crippen LogP contribution in [0.4, 0.5) is 5.69 Å². The number of carbonyl (C=O) groups is 2. The zero-order valence-corrected chi connectivity index (χ0v) is 23.0. The predicted molar refractivity (Wildman–Crippen MR) is 144 cm³/mol. The SMILES string of the molecule is O=C(N[C@@H](Cc1cccc(Br)c1)C(=O)O)c1ccc(I)cc1NS(=O)(=O)c1cccc2nsnc12. The van der Waals surface area contributed by atoms with Crippen molar-refractivity contribution in [3.05, 3.63) is 79.8 Å². The molecule has 1 atom stereocenters. The first-order chi connectivity index (χ1) is 16.6. The van der Waals surface area contributed by atoms with Crippen LogP contribution in [0.2, 0.25) is 0 Å². The van der Waals surface area contributed by atoms with Crippen molar-refractivity contribution in [2.24, 2.45) is 0 Å². The van der Waals surface area contributed by atoms with Crippen LogP contribution < -0.4 is 10.0 Å². The summed E-state index contributed by atoms with van der Waals surface area (Å²) in [5.41, 5.74) is 1.37. The van der Waals surface area contributed by atoms with Gasteiger partial charge in [-0.05, 0) is 70.6 Å². The van der Waals surface area contributed by atoms with Crippen LogP contribution in [0.5, 0.6) is 0 Å². The number of hydrogen-bond donors (Lipinski definition) is 3. The molecule has 35 heavy (non-hydrogen) atoms. The van der Waals surface area contributed by atoms with E-state index in [4.69, 9.17) is 0 Å². The van der Waals surface area contributed by atoms with Crippen molar-refractivity contribution in [1.82, 2.24) is 14.1 Å². The summed E-state index contributed by atoms with van der Waals surface area (Å²) in [6.07, 6.45) is 0.0464. The van der Waals surface area contributed by atoms with Crippen LogP contribution in [0.25, 0.3) is 11.0 Å². The van der Waals surface area contributed by atoms with Crippen LogP contribution in [-0.2, 0) is 21.2 Å². The van der Waals surface area contributed by atoms with E-state index in [1.807, 2.05) is 28.7 Å². The highest BCUT2D eigenvalue weighted by atomic mass is 127. The third kappa shape index (κ3) is 5.97. The van der Waals surface area contributed by atoms with Crippen molar-refractivity contribution in [3.8, 4) is 0 Å². The van der Waals surface area contributed by atoms with Gasteiger partial charge in [0.15, 0.2) is 0 Å². The zero-order chi connectivity index (χ0) is 25.2. The standard InChI is InChI=1S/C22H16BrIN4O5S2/c23-13-4-1-3-12(9-13)10-18(22(30)31)25-21(29)15-8-7-14(24)11-17(15)28-35(32,33)19-6-2-5-16-20(19)27-34-26-16/h1-9,11,18,28H,10H2,(H,25,29)(H,30,31)/t18-/m0/s1. The molecule has 1 heterocycles. The Morgan fingerprint density at radius 1 is 1.09 bits per heavy atom. The van der Waals surface area contributed by atoms with E-state index in [2.05, 4.69) is 34.7 Å². The lowest BCUT2D eigenvalue weighted by molar-refractivity contribution is -0.139. The van der Waals surface area contributed by atoms with E-state index in [0.717, 1.165) is 16.2 Å². The molecule has 13 heteroatoms.